The summed E-state index contributed by atoms with van der Waals surface area (Å²) in [5.41, 5.74) is 1.35. The fourth-order valence-corrected chi connectivity index (χ4v) is 3.05. The molecule has 0 aromatic heterocycles. The van der Waals surface area contributed by atoms with Gasteiger partial charge in [0.1, 0.15) is 11.5 Å². The summed E-state index contributed by atoms with van der Waals surface area (Å²) in [5, 5.41) is 24.8. The Bertz CT molecular complexity index is 920. The third-order valence-electron chi connectivity index (χ3n) is 4.06. The van der Waals surface area contributed by atoms with E-state index in [2.05, 4.69) is 0 Å². The molecule has 4 rings (SSSR count). The van der Waals surface area contributed by atoms with Gasteiger partial charge in [-0.05, 0) is 33.7 Å². The molecule has 4 radical (unpaired) electrons. The van der Waals surface area contributed by atoms with E-state index in [1.54, 1.807) is 12.1 Å². The van der Waals surface area contributed by atoms with E-state index < -0.39 is 0 Å². The Labute approximate surface area is 135 Å². The van der Waals surface area contributed by atoms with E-state index in [1.807, 2.05) is 60.7 Å². The summed E-state index contributed by atoms with van der Waals surface area (Å²) in [6, 6.07) is 22.9. The minimum Gasteiger partial charge on any atom is -0.507 e. The van der Waals surface area contributed by atoms with Crippen molar-refractivity contribution in [2.24, 2.45) is 0 Å². The minimum absolute atomic E-state index is 0. The number of rotatable bonds is 1. The van der Waals surface area contributed by atoms with Gasteiger partial charge in [-0.1, -0.05) is 60.7 Å². The zero-order chi connectivity index (χ0) is 15.1. The Morgan fingerprint density at radius 2 is 0.870 bits per heavy atom. The number of aromatic hydroxyl groups is 2. The summed E-state index contributed by atoms with van der Waals surface area (Å²) in [4.78, 5) is 0. The highest BCUT2D eigenvalue weighted by atomic mass is 16.3. The SMILES string of the molecule is Oc1ccc2ccccc2c1-c1c(O)ccc2ccccc12.[C]. The number of phenols is 2. The maximum Gasteiger partial charge on any atom is 0.124 e. The van der Waals surface area contributed by atoms with Crippen LogP contribution in [0.25, 0.3) is 32.7 Å². The lowest BCUT2D eigenvalue weighted by atomic mass is 9.92. The number of benzene rings is 4. The molecule has 0 fully saturated rings. The normalized spacial score (nSPS) is 10.6. The molecule has 0 unspecified atom stereocenters. The monoisotopic (exact) mass is 298 g/mol. The highest BCUT2D eigenvalue weighted by Gasteiger charge is 2.16. The van der Waals surface area contributed by atoms with Crippen LogP contribution in [0.15, 0.2) is 72.8 Å². The van der Waals surface area contributed by atoms with Crippen LogP contribution in [0.5, 0.6) is 11.5 Å². The molecule has 2 N–H and O–H groups in total. The molecule has 110 valence electrons. The molecule has 2 heteroatoms. The van der Waals surface area contributed by atoms with Crippen LogP contribution in [0.1, 0.15) is 0 Å². The molecule has 0 spiro atoms. The van der Waals surface area contributed by atoms with Gasteiger partial charge in [-0.3, -0.25) is 0 Å². The fraction of sp³-hybridized carbons (Fsp3) is 0. The van der Waals surface area contributed by atoms with Crippen molar-refractivity contribution in [3.8, 4) is 22.6 Å². The molecule has 0 saturated carbocycles. The molecule has 4 aromatic carbocycles. The van der Waals surface area contributed by atoms with Crippen molar-refractivity contribution in [3.05, 3.63) is 80.2 Å². The summed E-state index contributed by atoms with van der Waals surface area (Å²) in [6.45, 7) is 0. The average Bonchev–Trinajstić information content (AvgIpc) is 2.56. The maximum absolute atomic E-state index is 10.4. The van der Waals surface area contributed by atoms with E-state index in [-0.39, 0.29) is 18.9 Å². The minimum atomic E-state index is 0. The van der Waals surface area contributed by atoms with Crippen LogP contribution in [0.4, 0.5) is 0 Å². The first-order valence-electron chi connectivity index (χ1n) is 7.17. The molecule has 0 heterocycles. The molecule has 2 nitrogen and oxygen atoms in total. The summed E-state index contributed by atoms with van der Waals surface area (Å²) >= 11 is 0. The molecule has 4 aromatic rings. The Morgan fingerprint density at radius 3 is 1.30 bits per heavy atom. The van der Waals surface area contributed by atoms with E-state index in [1.165, 1.54) is 0 Å². The van der Waals surface area contributed by atoms with Crippen molar-refractivity contribution in [2.75, 3.05) is 0 Å². The smallest absolute Gasteiger partial charge is 0.124 e. The number of hydrogen-bond donors (Lipinski definition) is 2. The Hall–Kier alpha value is -3.00. The number of fused-ring (bicyclic) bond motifs is 2. The third kappa shape index (κ3) is 2.29. The zero-order valence-corrected chi connectivity index (χ0v) is 12.3. The van der Waals surface area contributed by atoms with E-state index in [4.69, 9.17) is 0 Å². The van der Waals surface area contributed by atoms with Crippen LogP contribution in [0.3, 0.4) is 0 Å². The highest BCUT2D eigenvalue weighted by Crippen LogP contribution is 2.44. The molecule has 0 aliphatic heterocycles. The van der Waals surface area contributed by atoms with Gasteiger partial charge in [0, 0.05) is 18.6 Å². The lowest BCUT2D eigenvalue weighted by molar-refractivity contribution is 0.470. The quantitative estimate of drug-likeness (QED) is 0.510. The molecule has 0 atom stereocenters. The van der Waals surface area contributed by atoms with Crippen LogP contribution in [0, 0.1) is 7.43 Å². The number of phenolic OH excluding ortho intramolecular Hbond substituents is 2. The fourth-order valence-electron chi connectivity index (χ4n) is 3.05. The van der Waals surface area contributed by atoms with Gasteiger partial charge in [0.25, 0.3) is 0 Å². The van der Waals surface area contributed by atoms with Gasteiger partial charge < -0.3 is 10.2 Å². The summed E-state index contributed by atoms with van der Waals surface area (Å²) in [6.07, 6.45) is 0. The van der Waals surface area contributed by atoms with Crippen molar-refractivity contribution >= 4 is 21.5 Å². The van der Waals surface area contributed by atoms with Crippen LogP contribution < -0.4 is 0 Å². The zero-order valence-electron chi connectivity index (χ0n) is 12.3. The van der Waals surface area contributed by atoms with Crippen LogP contribution >= 0.6 is 0 Å². The van der Waals surface area contributed by atoms with Gasteiger partial charge in [0.2, 0.25) is 0 Å². The third-order valence-corrected chi connectivity index (χ3v) is 4.06. The van der Waals surface area contributed by atoms with Gasteiger partial charge in [0.05, 0.1) is 0 Å². The predicted octanol–water partition coefficient (Wildman–Crippen LogP) is 5.15. The van der Waals surface area contributed by atoms with Crippen molar-refractivity contribution < 1.29 is 10.2 Å². The van der Waals surface area contributed by atoms with Gasteiger partial charge >= 0.3 is 0 Å². The standard InChI is InChI=1S/C20H14O2.C/c21-17-11-9-13-5-1-3-7-15(13)19(17)20-16-8-4-2-6-14(16)10-12-18(20)22;/h1-12,21-22H;. The first-order chi connectivity index (χ1) is 10.8. The largest absolute Gasteiger partial charge is 0.507 e. The second-order valence-electron chi connectivity index (χ2n) is 5.36. The highest BCUT2D eigenvalue weighted by molar-refractivity contribution is 6.09. The van der Waals surface area contributed by atoms with Crippen molar-refractivity contribution in [1.82, 2.24) is 0 Å². The van der Waals surface area contributed by atoms with Crippen molar-refractivity contribution in [3.63, 3.8) is 0 Å². The second-order valence-corrected chi connectivity index (χ2v) is 5.36. The van der Waals surface area contributed by atoms with E-state index >= 15 is 0 Å². The van der Waals surface area contributed by atoms with Gasteiger partial charge in [-0.2, -0.15) is 0 Å². The van der Waals surface area contributed by atoms with E-state index in [0.717, 1.165) is 21.5 Å². The maximum atomic E-state index is 10.4. The van der Waals surface area contributed by atoms with Crippen molar-refractivity contribution in [1.29, 1.82) is 0 Å². The van der Waals surface area contributed by atoms with Gasteiger partial charge in [-0.25, -0.2) is 0 Å². The van der Waals surface area contributed by atoms with Crippen LogP contribution in [-0.2, 0) is 0 Å². The first-order valence-corrected chi connectivity index (χ1v) is 7.17. The summed E-state index contributed by atoms with van der Waals surface area (Å²) in [5.74, 6) is 0.343. The second kappa shape index (κ2) is 5.65. The van der Waals surface area contributed by atoms with Gasteiger partial charge in [0.15, 0.2) is 0 Å². The molecule has 0 bridgehead atoms. The topological polar surface area (TPSA) is 40.5 Å². The Morgan fingerprint density at radius 1 is 0.478 bits per heavy atom. The molecular formula is C21H14O2. The number of hydrogen-bond acceptors (Lipinski definition) is 2. The predicted molar refractivity (Wildman–Crippen MR) is 93.5 cm³/mol. The Kier molecular flexibility index (Phi) is 3.67. The van der Waals surface area contributed by atoms with Crippen LogP contribution in [-0.4, -0.2) is 10.2 Å². The molecule has 23 heavy (non-hydrogen) atoms. The summed E-state index contributed by atoms with van der Waals surface area (Å²) < 4.78 is 0. The Balaban J connectivity index is 0.00000156. The molecule has 0 aliphatic rings. The van der Waals surface area contributed by atoms with E-state index in [9.17, 15) is 10.2 Å². The molecule has 0 aliphatic carbocycles. The lowest BCUT2D eigenvalue weighted by Gasteiger charge is -2.14. The molecule has 0 saturated heterocycles. The average molecular weight is 298 g/mol. The first kappa shape index (κ1) is 14.9. The van der Waals surface area contributed by atoms with Crippen LogP contribution in [0.2, 0.25) is 0 Å². The summed E-state index contributed by atoms with van der Waals surface area (Å²) in [7, 11) is 0. The van der Waals surface area contributed by atoms with Gasteiger partial charge in [-0.15, -0.1) is 0 Å². The van der Waals surface area contributed by atoms with E-state index in [0.29, 0.717) is 11.1 Å². The van der Waals surface area contributed by atoms with Crippen molar-refractivity contribution in [2.45, 2.75) is 0 Å². The molecular weight excluding hydrogens is 284 g/mol. The molecule has 0 amide bonds. The lowest BCUT2D eigenvalue weighted by Crippen LogP contribution is -1.86.